The summed E-state index contributed by atoms with van der Waals surface area (Å²) in [5.41, 5.74) is 17.7. The maximum absolute atomic E-state index is 11.4. The molecule has 0 bridgehead atoms. The molecular weight excluding hydrogens is 673 g/mol. The maximum Gasteiger partial charge on any atom is 0.244 e. The van der Waals surface area contributed by atoms with Crippen molar-refractivity contribution in [2.24, 2.45) is 0 Å². The van der Waals surface area contributed by atoms with Crippen molar-refractivity contribution in [2.75, 3.05) is 9.80 Å². The van der Waals surface area contributed by atoms with E-state index in [0.717, 1.165) is 28.2 Å². The smallest absolute Gasteiger partial charge is 0.244 e. The Morgan fingerprint density at radius 1 is 0.519 bits per heavy atom. The quantitative estimate of drug-likeness (QED) is 0.185. The fourth-order valence-corrected chi connectivity index (χ4v) is 12.6. The van der Waals surface area contributed by atoms with Crippen LogP contribution in [0.4, 0.5) is 28.4 Å². The number of anilines is 5. The van der Waals surface area contributed by atoms with E-state index in [2.05, 4.69) is 185 Å². The summed E-state index contributed by atoms with van der Waals surface area (Å²) < 4.78 is 2.43. The van der Waals surface area contributed by atoms with Crippen molar-refractivity contribution in [3.8, 4) is 11.4 Å². The Balaban J connectivity index is 1.24. The molecule has 256 valence electrons. The van der Waals surface area contributed by atoms with Crippen molar-refractivity contribution in [3.63, 3.8) is 0 Å². The molecule has 6 heteroatoms. The first kappa shape index (κ1) is 31.1. The van der Waals surface area contributed by atoms with Gasteiger partial charge in [-0.2, -0.15) is 0 Å². The van der Waals surface area contributed by atoms with Crippen molar-refractivity contribution in [2.45, 2.75) is 13.1 Å². The summed E-state index contributed by atoms with van der Waals surface area (Å²) in [5.74, 6) is 0.310. The third-order valence-corrected chi connectivity index (χ3v) is 14.6. The van der Waals surface area contributed by atoms with Crippen molar-refractivity contribution in [1.82, 2.24) is 4.57 Å². The summed E-state index contributed by atoms with van der Waals surface area (Å²) in [6.45, 7) is 4.98. The van der Waals surface area contributed by atoms with Gasteiger partial charge in [-0.05, 0) is 77.7 Å². The lowest BCUT2D eigenvalue weighted by molar-refractivity contribution is 0.473. The van der Waals surface area contributed by atoms with Gasteiger partial charge >= 0.3 is 0 Å². The molecule has 8 aromatic rings. The van der Waals surface area contributed by atoms with Crippen LogP contribution in [0.25, 0.3) is 33.1 Å². The van der Waals surface area contributed by atoms with E-state index < -0.39 is 8.07 Å². The number of fused-ring (bicyclic) bond motifs is 6. The molecule has 3 aliphatic rings. The van der Waals surface area contributed by atoms with Gasteiger partial charge in [0.1, 0.15) is 5.75 Å². The summed E-state index contributed by atoms with van der Waals surface area (Å²) >= 11 is 0. The molecule has 0 fully saturated rings. The predicted molar refractivity (Wildman–Crippen MR) is 230 cm³/mol. The minimum absolute atomic E-state index is 0.0367. The second-order valence-corrected chi connectivity index (χ2v) is 19.4. The normalized spacial score (nSPS) is 15.4. The van der Waals surface area contributed by atoms with E-state index in [-0.39, 0.29) is 6.71 Å². The highest BCUT2D eigenvalue weighted by Crippen LogP contribution is 2.52. The number of allylic oxidation sites excluding steroid dienone is 1. The van der Waals surface area contributed by atoms with Crippen LogP contribution in [0.15, 0.2) is 186 Å². The monoisotopic (exact) mass is 709 g/mol. The number of rotatable bonds is 4. The van der Waals surface area contributed by atoms with Gasteiger partial charge in [-0.1, -0.05) is 127 Å². The Morgan fingerprint density at radius 2 is 1.09 bits per heavy atom. The highest BCUT2D eigenvalue weighted by molar-refractivity contribution is 7.12. The number of aromatic hydroxyl groups is 1. The van der Waals surface area contributed by atoms with E-state index in [4.69, 9.17) is 0 Å². The lowest BCUT2D eigenvalue weighted by Gasteiger charge is -2.46. The van der Waals surface area contributed by atoms with Crippen molar-refractivity contribution in [3.05, 3.63) is 192 Å². The largest absolute Gasteiger partial charge is 0.507 e. The average molecular weight is 710 g/mol. The Bertz CT molecular complexity index is 2840. The summed E-state index contributed by atoms with van der Waals surface area (Å²) in [6, 6.07) is 60.9. The van der Waals surface area contributed by atoms with Crippen LogP contribution in [0, 0.1) is 0 Å². The van der Waals surface area contributed by atoms with Gasteiger partial charge in [0.15, 0.2) is 0 Å². The molecule has 0 spiro atoms. The van der Waals surface area contributed by atoms with E-state index in [9.17, 15) is 5.11 Å². The van der Waals surface area contributed by atoms with Crippen LogP contribution in [0.5, 0.6) is 5.75 Å². The van der Waals surface area contributed by atoms with Gasteiger partial charge in [0, 0.05) is 61.7 Å². The van der Waals surface area contributed by atoms with Crippen LogP contribution in [0.1, 0.15) is 5.56 Å². The van der Waals surface area contributed by atoms with Crippen molar-refractivity contribution >= 4 is 81.5 Å². The Labute approximate surface area is 316 Å². The fraction of sp³-hybridized carbons (Fsp3) is 0.0417. The average Bonchev–Trinajstić information content (AvgIpc) is 3.69. The van der Waals surface area contributed by atoms with Gasteiger partial charge in [-0.15, -0.1) is 0 Å². The number of aromatic nitrogens is 1. The number of benzene rings is 7. The first-order valence-corrected chi connectivity index (χ1v) is 21.8. The molecule has 0 radical (unpaired) electrons. The zero-order valence-electron chi connectivity index (χ0n) is 30.1. The molecule has 54 heavy (non-hydrogen) atoms. The van der Waals surface area contributed by atoms with Crippen LogP contribution >= 0.6 is 0 Å². The predicted octanol–water partition coefficient (Wildman–Crippen LogP) is 10.7. The zero-order chi connectivity index (χ0) is 36.1. The maximum atomic E-state index is 11.4. The highest BCUT2D eigenvalue weighted by atomic mass is 28.3. The number of phenols is 1. The molecule has 0 aliphatic carbocycles. The van der Waals surface area contributed by atoms with Crippen LogP contribution in [0.3, 0.4) is 0 Å². The molecule has 0 atom stereocenters. The molecule has 4 nitrogen and oxygen atoms in total. The summed E-state index contributed by atoms with van der Waals surface area (Å²) in [6.07, 6.45) is 0. The Hall–Kier alpha value is -6.50. The molecule has 0 amide bonds. The van der Waals surface area contributed by atoms with E-state index in [1.807, 2.05) is 18.2 Å². The molecule has 1 aromatic heterocycles. The fourth-order valence-electron chi connectivity index (χ4n) is 9.56. The SMILES string of the molecule is C[Si]1(C)C=C(c2ccccc2O)C2=C1B1c3ccc(-n4c5ccccc5c5ccccc54)cc3N(c3ccccc3)c3cccc(c31)N2c1ccccc1. The first-order chi connectivity index (χ1) is 26.5. The van der Waals surface area contributed by atoms with Gasteiger partial charge in [0.25, 0.3) is 0 Å². The van der Waals surface area contributed by atoms with E-state index >= 15 is 0 Å². The topological polar surface area (TPSA) is 31.6 Å². The van der Waals surface area contributed by atoms with Crippen LogP contribution in [0.2, 0.25) is 13.1 Å². The van der Waals surface area contributed by atoms with Crippen LogP contribution < -0.4 is 20.7 Å². The zero-order valence-corrected chi connectivity index (χ0v) is 31.1. The Morgan fingerprint density at radius 3 is 1.76 bits per heavy atom. The number of hydrogen-bond acceptors (Lipinski definition) is 3. The van der Waals surface area contributed by atoms with Gasteiger partial charge in [0.2, 0.25) is 6.71 Å². The number of phenolic OH excluding ortho intramolecular Hbond substituents is 1. The second kappa shape index (κ2) is 11.5. The third-order valence-electron chi connectivity index (χ3n) is 11.7. The molecule has 4 heterocycles. The minimum Gasteiger partial charge on any atom is -0.507 e. The summed E-state index contributed by atoms with van der Waals surface area (Å²) in [4.78, 5) is 4.96. The van der Waals surface area contributed by atoms with E-state index in [1.165, 1.54) is 60.6 Å². The Kier molecular flexibility index (Phi) is 6.62. The van der Waals surface area contributed by atoms with Crippen LogP contribution in [-0.4, -0.2) is 24.5 Å². The van der Waals surface area contributed by atoms with Crippen molar-refractivity contribution in [1.29, 1.82) is 0 Å². The number of hydrogen-bond donors (Lipinski definition) is 1. The number of para-hydroxylation sites is 5. The third kappa shape index (κ3) is 4.32. The van der Waals surface area contributed by atoms with Gasteiger partial charge in [0.05, 0.1) is 19.1 Å². The summed E-state index contributed by atoms with van der Waals surface area (Å²) in [5, 5.41) is 15.4. The molecule has 11 rings (SSSR count). The summed E-state index contributed by atoms with van der Waals surface area (Å²) in [7, 11) is -2.26. The van der Waals surface area contributed by atoms with Crippen molar-refractivity contribution < 1.29 is 5.11 Å². The van der Waals surface area contributed by atoms with E-state index in [0.29, 0.717) is 5.75 Å². The second-order valence-electron chi connectivity index (χ2n) is 15.2. The molecule has 1 N–H and O–H groups in total. The van der Waals surface area contributed by atoms with Gasteiger partial charge in [-0.25, -0.2) is 0 Å². The molecule has 0 saturated carbocycles. The highest BCUT2D eigenvalue weighted by Gasteiger charge is 2.52. The van der Waals surface area contributed by atoms with Gasteiger partial charge < -0.3 is 19.5 Å². The molecule has 7 aromatic carbocycles. The van der Waals surface area contributed by atoms with Crippen LogP contribution in [-0.2, 0) is 0 Å². The lowest BCUT2D eigenvalue weighted by atomic mass is 9.36. The first-order valence-electron chi connectivity index (χ1n) is 18.7. The molecule has 0 unspecified atom stereocenters. The minimum atomic E-state index is -2.26. The van der Waals surface area contributed by atoms with E-state index in [1.54, 1.807) is 0 Å². The standard InChI is InChI=1S/C48H36BN3OSi/c1-54(2)31-38(37-22-11-14-27-45(37)53)47-48(54)49-39-29-28-34(51-40-23-12-9-20-35(40)36-21-10-13-24-41(36)51)30-44(39)50(32-16-5-3-6-17-32)42-25-15-26-43(46(42)49)52(47)33-18-7-4-8-19-33/h3-31,53H,1-2H3. The van der Waals surface area contributed by atoms with Gasteiger partial charge in [-0.3, -0.25) is 0 Å². The number of nitrogens with zero attached hydrogens (tertiary/aromatic N) is 3. The molecule has 0 saturated heterocycles. The molecule has 3 aliphatic heterocycles. The molecular formula is C48H36BN3OSi. The lowest BCUT2D eigenvalue weighted by Crippen LogP contribution is -2.59.